The second-order valence-electron chi connectivity index (χ2n) is 4.10. The van der Waals surface area contributed by atoms with Crippen molar-refractivity contribution >= 4 is 60.3 Å². The minimum absolute atomic E-state index is 0.431. The minimum Gasteiger partial charge on any atom is -0.378 e. The molecule has 8 heteroatoms. The van der Waals surface area contributed by atoms with Gasteiger partial charge in [-0.25, -0.2) is 9.97 Å². The van der Waals surface area contributed by atoms with Gasteiger partial charge in [-0.3, -0.25) is 4.98 Å². The Bertz CT molecular complexity index is 627. The van der Waals surface area contributed by atoms with E-state index < -0.39 is 0 Å². The average Bonchev–Trinajstić information content (AvgIpc) is 2.43. The number of ether oxygens (including phenoxy) is 1. The van der Waals surface area contributed by atoms with Gasteiger partial charge in [0, 0.05) is 28.8 Å². The van der Waals surface area contributed by atoms with E-state index in [9.17, 15) is 0 Å². The molecule has 0 radical (unpaired) electrons. The summed E-state index contributed by atoms with van der Waals surface area (Å²) < 4.78 is 7.92. The lowest BCUT2D eigenvalue weighted by Gasteiger charge is -2.12. The Kier molecular flexibility index (Phi) is 6.33. The van der Waals surface area contributed by atoms with Crippen LogP contribution in [-0.2, 0) is 11.3 Å². The molecule has 0 aliphatic heterocycles. The van der Waals surface area contributed by atoms with E-state index in [1.54, 1.807) is 13.3 Å². The van der Waals surface area contributed by atoms with Crippen molar-refractivity contribution in [1.82, 2.24) is 15.0 Å². The summed E-state index contributed by atoms with van der Waals surface area (Å²) in [6.07, 6.45) is 1.73. The van der Waals surface area contributed by atoms with Crippen LogP contribution in [0.3, 0.4) is 0 Å². The van der Waals surface area contributed by atoms with Crippen LogP contribution >= 0.6 is 54.5 Å². The van der Waals surface area contributed by atoms with E-state index >= 15 is 0 Å². The molecule has 0 atom stereocenters. The molecular weight excluding hydrogens is 515 g/mol. The number of nitrogens with one attached hydrogen (secondary N) is 1. The quantitative estimate of drug-likeness (QED) is 0.589. The van der Waals surface area contributed by atoms with Gasteiger partial charge in [0.2, 0.25) is 0 Å². The van der Waals surface area contributed by atoms with Gasteiger partial charge in [-0.2, -0.15) is 0 Å². The van der Waals surface area contributed by atoms with Gasteiger partial charge in [0.25, 0.3) is 0 Å². The second kappa shape index (κ2) is 7.80. The summed E-state index contributed by atoms with van der Waals surface area (Å²) in [6, 6.07) is 1.92. The number of halogens is 3. The first kappa shape index (κ1) is 17.0. The van der Waals surface area contributed by atoms with Gasteiger partial charge in [0.05, 0.1) is 15.9 Å². The van der Waals surface area contributed by atoms with E-state index in [1.165, 1.54) is 0 Å². The molecular formula is C13H13Br2IN4O. The van der Waals surface area contributed by atoms with Crippen LogP contribution < -0.4 is 5.32 Å². The van der Waals surface area contributed by atoms with Crippen molar-refractivity contribution in [2.75, 3.05) is 19.0 Å². The molecule has 0 unspecified atom stereocenters. The van der Waals surface area contributed by atoms with Crippen LogP contribution in [0.15, 0.2) is 21.2 Å². The minimum atomic E-state index is 0.431. The van der Waals surface area contributed by atoms with Crippen LogP contribution in [0.25, 0.3) is 11.5 Å². The van der Waals surface area contributed by atoms with Crippen molar-refractivity contribution in [3.8, 4) is 11.5 Å². The molecule has 5 nitrogen and oxygen atoms in total. The summed E-state index contributed by atoms with van der Waals surface area (Å²) in [4.78, 5) is 13.5. The zero-order chi connectivity index (χ0) is 15.4. The standard InChI is InChI=1S/C13H13Br2IN4O/c1-3-17-12-10(16)9(6-21-2)19-13(20-12)11-8(15)4-7(14)5-18-11/h4-5H,3,6H2,1-2H3,(H,17,19,20). The number of hydrogen-bond acceptors (Lipinski definition) is 5. The average molecular weight is 528 g/mol. The Morgan fingerprint density at radius 1 is 1.33 bits per heavy atom. The van der Waals surface area contributed by atoms with Crippen molar-refractivity contribution < 1.29 is 4.74 Å². The summed E-state index contributed by atoms with van der Waals surface area (Å²) in [5.41, 5.74) is 1.54. The maximum atomic E-state index is 5.22. The third kappa shape index (κ3) is 4.11. The first-order chi connectivity index (χ1) is 10.1. The highest BCUT2D eigenvalue weighted by Gasteiger charge is 2.16. The van der Waals surface area contributed by atoms with Crippen LogP contribution in [0.4, 0.5) is 5.82 Å². The number of nitrogens with zero attached hydrogens (tertiary/aromatic N) is 3. The lowest BCUT2D eigenvalue weighted by atomic mass is 10.3. The Morgan fingerprint density at radius 3 is 2.71 bits per heavy atom. The number of pyridine rings is 1. The van der Waals surface area contributed by atoms with Crippen LogP contribution in [0.5, 0.6) is 0 Å². The number of anilines is 1. The molecule has 2 rings (SSSR count). The van der Waals surface area contributed by atoms with E-state index in [0.717, 1.165) is 30.6 Å². The molecule has 1 N–H and O–H groups in total. The highest BCUT2D eigenvalue weighted by molar-refractivity contribution is 14.1. The normalized spacial score (nSPS) is 10.7. The van der Waals surface area contributed by atoms with E-state index in [2.05, 4.69) is 74.7 Å². The first-order valence-electron chi connectivity index (χ1n) is 6.17. The van der Waals surface area contributed by atoms with Crippen LogP contribution in [-0.4, -0.2) is 28.6 Å². The van der Waals surface area contributed by atoms with Crippen molar-refractivity contribution in [3.05, 3.63) is 30.5 Å². The SMILES string of the molecule is CCNc1nc(-c2ncc(Br)cc2Br)nc(COC)c1I. The maximum absolute atomic E-state index is 5.22. The molecule has 2 aromatic heterocycles. The summed E-state index contributed by atoms with van der Waals surface area (Å²) >= 11 is 9.13. The number of methoxy groups -OCH3 is 1. The maximum Gasteiger partial charge on any atom is 0.181 e. The summed E-state index contributed by atoms with van der Waals surface area (Å²) in [5, 5.41) is 3.25. The Labute approximate surface area is 153 Å². The molecule has 0 aromatic carbocycles. The van der Waals surface area contributed by atoms with E-state index in [4.69, 9.17) is 4.74 Å². The number of aromatic nitrogens is 3. The summed E-state index contributed by atoms with van der Waals surface area (Å²) in [5.74, 6) is 1.37. The zero-order valence-electron chi connectivity index (χ0n) is 11.5. The molecule has 2 heterocycles. The highest BCUT2D eigenvalue weighted by Crippen LogP contribution is 2.29. The van der Waals surface area contributed by atoms with Crippen LogP contribution in [0, 0.1) is 3.57 Å². The molecule has 21 heavy (non-hydrogen) atoms. The molecule has 0 fully saturated rings. The monoisotopic (exact) mass is 526 g/mol. The lowest BCUT2D eigenvalue weighted by molar-refractivity contribution is 0.181. The largest absolute Gasteiger partial charge is 0.378 e. The van der Waals surface area contributed by atoms with Gasteiger partial charge >= 0.3 is 0 Å². The van der Waals surface area contributed by atoms with Crippen molar-refractivity contribution in [2.24, 2.45) is 0 Å². The molecule has 0 saturated carbocycles. The molecule has 0 aliphatic carbocycles. The van der Waals surface area contributed by atoms with Gasteiger partial charge in [-0.15, -0.1) is 0 Å². The Balaban J connectivity index is 2.56. The Hall–Kier alpha value is -0.320. The van der Waals surface area contributed by atoms with Gasteiger partial charge < -0.3 is 10.1 Å². The van der Waals surface area contributed by atoms with E-state index in [1.807, 2.05) is 13.0 Å². The van der Waals surface area contributed by atoms with Gasteiger partial charge in [0.1, 0.15) is 11.5 Å². The lowest BCUT2D eigenvalue weighted by Crippen LogP contribution is -2.09. The van der Waals surface area contributed by atoms with Crippen molar-refractivity contribution in [3.63, 3.8) is 0 Å². The zero-order valence-corrected chi connectivity index (χ0v) is 16.8. The predicted molar refractivity (Wildman–Crippen MR) is 98.3 cm³/mol. The predicted octanol–water partition coefficient (Wildman–Crippen LogP) is 4.25. The van der Waals surface area contributed by atoms with Crippen LogP contribution in [0.2, 0.25) is 0 Å². The molecule has 0 bridgehead atoms. The second-order valence-corrected chi connectivity index (χ2v) is 6.95. The first-order valence-corrected chi connectivity index (χ1v) is 8.84. The third-order valence-corrected chi connectivity index (χ3v) is 4.74. The number of hydrogen-bond donors (Lipinski definition) is 1. The van der Waals surface area contributed by atoms with E-state index in [-0.39, 0.29) is 0 Å². The molecule has 0 spiro atoms. The smallest absolute Gasteiger partial charge is 0.181 e. The van der Waals surface area contributed by atoms with Crippen molar-refractivity contribution in [1.29, 1.82) is 0 Å². The van der Waals surface area contributed by atoms with Crippen molar-refractivity contribution in [2.45, 2.75) is 13.5 Å². The fourth-order valence-electron chi connectivity index (χ4n) is 1.70. The molecule has 2 aromatic rings. The van der Waals surface area contributed by atoms with Gasteiger partial charge in [0.15, 0.2) is 5.82 Å². The summed E-state index contributed by atoms with van der Waals surface area (Å²) in [7, 11) is 1.65. The third-order valence-electron chi connectivity index (χ3n) is 2.56. The number of rotatable bonds is 5. The molecule has 0 aliphatic rings. The fourth-order valence-corrected chi connectivity index (χ4v) is 3.45. The van der Waals surface area contributed by atoms with E-state index in [0.29, 0.717) is 18.1 Å². The summed E-state index contributed by atoms with van der Waals surface area (Å²) in [6.45, 7) is 3.25. The molecule has 0 amide bonds. The fraction of sp³-hybridized carbons (Fsp3) is 0.308. The highest BCUT2D eigenvalue weighted by atomic mass is 127. The topological polar surface area (TPSA) is 59.9 Å². The Morgan fingerprint density at radius 2 is 2.10 bits per heavy atom. The van der Waals surface area contributed by atoms with Crippen LogP contribution in [0.1, 0.15) is 12.6 Å². The van der Waals surface area contributed by atoms with Gasteiger partial charge in [-0.05, 0) is 67.4 Å². The van der Waals surface area contributed by atoms with Gasteiger partial charge in [-0.1, -0.05) is 0 Å². The molecule has 112 valence electrons. The molecule has 0 saturated heterocycles.